The largest absolute Gasteiger partial charge is 0.494 e. The third-order valence-corrected chi connectivity index (χ3v) is 2.56. The standard InChI is InChI=1S/C12H12ClNO3/c1-8-2-3-10(9(13)6-8)14-12(15)11-7-16-4-5-17-11/h2-3,6-7H,4-5H2,1H3,(H,14,15). The second-order valence-electron chi connectivity index (χ2n) is 3.64. The number of hydrogen-bond acceptors (Lipinski definition) is 3. The van der Waals surface area contributed by atoms with E-state index in [1.807, 2.05) is 13.0 Å². The minimum Gasteiger partial charge on any atom is -0.494 e. The van der Waals surface area contributed by atoms with E-state index in [2.05, 4.69) is 5.32 Å². The SMILES string of the molecule is Cc1ccc(NC(=O)C2=COCCO2)c(Cl)c1. The Hall–Kier alpha value is -1.68. The molecule has 5 heteroatoms. The second kappa shape index (κ2) is 5.10. The van der Waals surface area contributed by atoms with Crippen LogP contribution < -0.4 is 5.32 Å². The Balaban J connectivity index is 2.10. The number of anilines is 1. The van der Waals surface area contributed by atoms with Crippen molar-refractivity contribution >= 4 is 23.2 Å². The lowest BCUT2D eigenvalue weighted by Crippen LogP contribution is -2.21. The molecule has 0 aliphatic carbocycles. The highest BCUT2D eigenvalue weighted by atomic mass is 35.5. The molecule has 0 bridgehead atoms. The average Bonchev–Trinajstić information content (AvgIpc) is 2.34. The van der Waals surface area contributed by atoms with Crippen molar-refractivity contribution in [2.24, 2.45) is 0 Å². The summed E-state index contributed by atoms with van der Waals surface area (Å²) in [5.74, 6) is -0.205. The minimum absolute atomic E-state index is 0.160. The zero-order valence-corrected chi connectivity index (χ0v) is 10.1. The molecule has 1 heterocycles. The number of carbonyl (C=O) groups excluding carboxylic acids is 1. The van der Waals surface area contributed by atoms with Crippen molar-refractivity contribution in [3.05, 3.63) is 40.8 Å². The fourth-order valence-electron chi connectivity index (χ4n) is 1.39. The Labute approximate surface area is 104 Å². The maximum atomic E-state index is 11.8. The molecule has 90 valence electrons. The van der Waals surface area contributed by atoms with Crippen LogP contribution in [0.2, 0.25) is 5.02 Å². The third kappa shape index (κ3) is 2.91. The van der Waals surface area contributed by atoms with Gasteiger partial charge >= 0.3 is 0 Å². The van der Waals surface area contributed by atoms with Crippen LogP contribution in [0, 0.1) is 6.92 Å². The van der Waals surface area contributed by atoms with Gasteiger partial charge in [-0.25, -0.2) is 0 Å². The summed E-state index contributed by atoms with van der Waals surface area (Å²) in [6.07, 6.45) is 1.31. The number of carbonyl (C=O) groups is 1. The van der Waals surface area contributed by atoms with Crippen LogP contribution in [0.3, 0.4) is 0 Å². The van der Waals surface area contributed by atoms with Gasteiger partial charge in [-0.05, 0) is 24.6 Å². The maximum Gasteiger partial charge on any atom is 0.294 e. The number of aryl methyl sites for hydroxylation is 1. The lowest BCUT2D eigenvalue weighted by atomic mass is 10.2. The summed E-state index contributed by atoms with van der Waals surface area (Å²) in [6.45, 7) is 2.76. The van der Waals surface area contributed by atoms with Crippen LogP contribution in [0.4, 0.5) is 5.69 Å². The molecule has 1 aliphatic rings. The molecule has 1 N–H and O–H groups in total. The summed E-state index contributed by atoms with van der Waals surface area (Å²) in [5, 5.41) is 3.16. The summed E-state index contributed by atoms with van der Waals surface area (Å²) in [4.78, 5) is 11.8. The highest BCUT2D eigenvalue weighted by Gasteiger charge is 2.16. The van der Waals surface area contributed by atoms with E-state index in [0.717, 1.165) is 5.56 Å². The van der Waals surface area contributed by atoms with Crippen molar-refractivity contribution in [3.8, 4) is 0 Å². The van der Waals surface area contributed by atoms with Gasteiger partial charge in [-0.15, -0.1) is 0 Å². The number of halogens is 1. The molecule has 1 amide bonds. The van der Waals surface area contributed by atoms with Gasteiger partial charge in [0.1, 0.15) is 19.5 Å². The second-order valence-corrected chi connectivity index (χ2v) is 4.05. The monoisotopic (exact) mass is 253 g/mol. The van der Waals surface area contributed by atoms with Gasteiger partial charge in [-0.1, -0.05) is 17.7 Å². The van der Waals surface area contributed by atoms with Crippen molar-refractivity contribution in [2.75, 3.05) is 18.5 Å². The molecule has 1 aromatic rings. The van der Waals surface area contributed by atoms with Crippen LogP contribution in [-0.2, 0) is 14.3 Å². The van der Waals surface area contributed by atoms with Gasteiger partial charge in [0.25, 0.3) is 5.91 Å². The lowest BCUT2D eigenvalue weighted by Gasteiger charge is -2.15. The van der Waals surface area contributed by atoms with E-state index in [1.165, 1.54) is 6.26 Å². The number of nitrogens with one attached hydrogen (secondary N) is 1. The van der Waals surface area contributed by atoms with Gasteiger partial charge in [0, 0.05) is 0 Å². The summed E-state index contributed by atoms with van der Waals surface area (Å²) in [5.41, 5.74) is 1.59. The highest BCUT2D eigenvalue weighted by molar-refractivity contribution is 6.33. The Bertz CT molecular complexity index is 471. The van der Waals surface area contributed by atoms with Crippen molar-refractivity contribution in [3.63, 3.8) is 0 Å². The van der Waals surface area contributed by atoms with Gasteiger partial charge < -0.3 is 14.8 Å². The number of ether oxygens (including phenoxy) is 2. The Kier molecular flexibility index (Phi) is 3.54. The van der Waals surface area contributed by atoms with Gasteiger partial charge in [-0.2, -0.15) is 0 Å². The minimum atomic E-state index is -0.365. The molecule has 0 saturated heterocycles. The Morgan fingerprint density at radius 2 is 2.24 bits per heavy atom. The first-order valence-electron chi connectivity index (χ1n) is 5.19. The molecule has 0 spiro atoms. The summed E-state index contributed by atoms with van der Waals surface area (Å²) in [6, 6.07) is 5.40. The van der Waals surface area contributed by atoms with Gasteiger partial charge in [0.2, 0.25) is 5.76 Å². The number of hydrogen-bond donors (Lipinski definition) is 1. The van der Waals surface area contributed by atoms with E-state index >= 15 is 0 Å². The normalized spacial score (nSPS) is 14.4. The molecular weight excluding hydrogens is 242 g/mol. The molecule has 0 unspecified atom stereocenters. The van der Waals surface area contributed by atoms with Gasteiger partial charge in [0.15, 0.2) is 0 Å². The molecule has 2 rings (SSSR count). The fraction of sp³-hybridized carbons (Fsp3) is 0.250. The van der Waals surface area contributed by atoms with Crippen molar-refractivity contribution in [1.29, 1.82) is 0 Å². The first-order valence-corrected chi connectivity index (χ1v) is 5.56. The smallest absolute Gasteiger partial charge is 0.294 e. The molecule has 17 heavy (non-hydrogen) atoms. The fourth-order valence-corrected chi connectivity index (χ4v) is 1.68. The first kappa shape index (κ1) is 11.8. The molecule has 0 fully saturated rings. The van der Waals surface area contributed by atoms with Crippen LogP contribution in [0.1, 0.15) is 5.56 Å². The molecule has 0 aromatic heterocycles. The van der Waals surface area contributed by atoms with E-state index in [-0.39, 0.29) is 11.7 Å². The van der Waals surface area contributed by atoms with Crippen LogP contribution in [0.5, 0.6) is 0 Å². The number of benzene rings is 1. The maximum absolute atomic E-state index is 11.8. The summed E-state index contributed by atoms with van der Waals surface area (Å²) >= 11 is 6.01. The van der Waals surface area contributed by atoms with Crippen molar-refractivity contribution < 1.29 is 14.3 Å². The lowest BCUT2D eigenvalue weighted by molar-refractivity contribution is -0.117. The molecule has 1 aliphatic heterocycles. The predicted octanol–water partition coefficient (Wildman–Crippen LogP) is 2.48. The van der Waals surface area contributed by atoms with E-state index < -0.39 is 0 Å². The molecule has 0 atom stereocenters. The molecule has 1 aromatic carbocycles. The van der Waals surface area contributed by atoms with Crippen molar-refractivity contribution in [2.45, 2.75) is 6.92 Å². The van der Waals surface area contributed by atoms with E-state index in [4.69, 9.17) is 21.1 Å². The van der Waals surface area contributed by atoms with E-state index in [1.54, 1.807) is 12.1 Å². The van der Waals surface area contributed by atoms with Crippen LogP contribution >= 0.6 is 11.6 Å². The zero-order valence-electron chi connectivity index (χ0n) is 9.33. The highest BCUT2D eigenvalue weighted by Crippen LogP contribution is 2.23. The zero-order chi connectivity index (χ0) is 12.3. The summed E-state index contributed by atoms with van der Waals surface area (Å²) in [7, 11) is 0. The van der Waals surface area contributed by atoms with E-state index in [0.29, 0.717) is 23.9 Å². The Morgan fingerprint density at radius 3 is 2.88 bits per heavy atom. The number of amides is 1. The van der Waals surface area contributed by atoms with Crippen LogP contribution in [-0.4, -0.2) is 19.1 Å². The van der Waals surface area contributed by atoms with Crippen molar-refractivity contribution in [1.82, 2.24) is 0 Å². The average molecular weight is 254 g/mol. The molecular formula is C12H12ClNO3. The van der Waals surface area contributed by atoms with Crippen LogP contribution in [0.15, 0.2) is 30.2 Å². The van der Waals surface area contributed by atoms with Gasteiger partial charge in [-0.3, -0.25) is 4.79 Å². The number of rotatable bonds is 2. The molecule has 0 radical (unpaired) electrons. The predicted molar refractivity (Wildman–Crippen MR) is 64.8 cm³/mol. The van der Waals surface area contributed by atoms with Crippen LogP contribution in [0.25, 0.3) is 0 Å². The first-order chi connectivity index (χ1) is 8.16. The topological polar surface area (TPSA) is 47.6 Å². The van der Waals surface area contributed by atoms with Gasteiger partial charge in [0.05, 0.1) is 10.7 Å². The molecule has 0 saturated carbocycles. The summed E-state index contributed by atoms with van der Waals surface area (Å²) < 4.78 is 10.2. The Morgan fingerprint density at radius 1 is 1.41 bits per heavy atom. The van der Waals surface area contributed by atoms with E-state index in [9.17, 15) is 4.79 Å². The quantitative estimate of drug-likeness (QED) is 0.881. The molecule has 4 nitrogen and oxygen atoms in total. The third-order valence-electron chi connectivity index (χ3n) is 2.25.